The van der Waals surface area contributed by atoms with Gasteiger partial charge in [-0.3, -0.25) is 0 Å². The lowest BCUT2D eigenvalue weighted by Gasteiger charge is -2.25. The quantitative estimate of drug-likeness (QED) is 0.228. The summed E-state index contributed by atoms with van der Waals surface area (Å²) in [5.41, 5.74) is 22.4. The lowest BCUT2D eigenvalue weighted by molar-refractivity contribution is 0.222. The molecule has 0 saturated carbocycles. The molecule has 1 saturated heterocycles. The van der Waals surface area contributed by atoms with Crippen LogP contribution in [0.3, 0.4) is 0 Å². The monoisotopic (exact) mass is 629 g/mol. The van der Waals surface area contributed by atoms with Gasteiger partial charge in [0.1, 0.15) is 0 Å². The molecule has 0 radical (unpaired) electrons. The van der Waals surface area contributed by atoms with Crippen LogP contribution in [0.5, 0.6) is 0 Å². The summed E-state index contributed by atoms with van der Waals surface area (Å²) in [5, 5.41) is 3.43. The number of benzene rings is 2. The van der Waals surface area contributed by atoms with E-state index in [1.807, 2.05) is 19.9 Å². The minimum absolute atomic E-state index is 0.365. The normalized spacial score (nSPS) is 18.7. The van der Waals surface area contributed by atoms with Gasteiger partial charge in [-0.05, 0) is 137 Å². The van der Waals surface area contributed by atoms with Crippen LogP contribution in [0.1, 0.15) is 129 Å². The van der Waals surface area contributed by atoms with E-state index in [0.717, 1.165) is 43.2 Å². The van der Waals surface area contributed by atoms with E-state index >= 15 is 0 Å². The Morgan fingerprint density at radius 3 is 2.04 bits per heavy atom. The molecule has 1 aliphatic heterocycles. The van der Waals surface area contributed by atoms with Crippen LogP contribution in [0.25, 0.3) is 5.70 Å². The fraction of sp³-hybridized carbons (Fsp3) is 0.571. The van der Waals surface area contributed by atoms with Crippen LogP contribution in [0.4, 0.5) is 5.69 Å². The Balaban J connectivity index is 0.000000254. The number of hydrogen-bond donors (Lipinski definition) is 3. The van der Waals surface area contributed by atoms with Crippen LogP contribution in [-0.2, 0) is 19.3 Å². The van der Waals surface area contributed by atoms with Crippen LogP contribution >= 0.6 is 0 Å². The smallest absolute Gasteiger partial charge is 0.0423 e. The van der Waals surface area contributed by atoms with Crippen molar-refractivity contribution in [1.29, 1.82) is 0 Å². The summed E-state index contributed by atoms with van der Waals surface area (Å²) in [5.74, 6) is 0.365. The van der Waals surface area contributed by atoms with Gasteiger partial charge in [-0.1, -0.05) is 90.4 Å². The molecule has 0 amide bonds. The fourth-order valence-electron chi connectivity index (χ4n) is 6.14. The molecule has 256 valence electrons. The lowest BCUT2D eigenvalue weighted by atomic mass is 10.0. The highest BCUT2D eigenvalue weighted by molar-refractivity contribution is 5.71. The maximum Gasteiger partial charge on any atom is 0.0423 e. The zero-order valence-electron chi connectivity index (χ0n) is 30.6. The van der Waals surface area contributed by atoms with Crippen LogP contribution in [0.2, 0.25) is 0 Å². The molecular weight excluding hydrogens is 560 g/mol. The average Bonchev–Trinajstić information content (AvgIpc) is 3.42. The number of nitrogens with zero attached hydrogens (tertiary/aromatic N) is 1. The van der Waals surface area contributed by atoms with E-state index < -0.39 is 0 Å². The van der Waals surface area contributed by atoms with E-state index in [2.05, 4.69) is 99.5 Å². The van der Waals surface area contributed by atoms with Crippen molar-refractivity contribution in [2.45, 2.75) is 132 Å². The molecule has 46 heavy (non-hydrogen) atoms. The summed E-state index contributed by atoms with van der Waals surface area (Å²) in [6.45, 7) is 18.3. The van der Waals surface area contributed by atoms with Crippen molar-refractivity contribution in [3.05, 3.63) is 94.2 Å². The zero-order chi connectivity index (χ0) is 33.7. The molecule has 1 unspecified atom stereocenters. The number of fused-ring (bicyclic) bond motifs is 2. The van der Waals surface area contributed by atoms with Crippen molar-refractivity contribution >= 4 is 11.4 Å². The van der Waals surface area contributed by atoms with Crippen molar-refractivity contribution in [2.24, 2.45) is 17.4 Å². The third kappa shape index (κ3) is 13.0. The first-order chi connectivity index (χ1) is 22.4. The second-order valence-corrected chi connectivity index (χ2v) is 13.0. The number of rotatable bonds is 5. The van der Waals surface area contributed by atoms with Gasteiger partial charge in [0.25, 0.3) is 0 Å². The predicted molar refractivity (Wildman–Crippen MR) is 205 cm³/mol. The number of likely N-dealkylation sites (tertiary alicyclic amines) is 1. The molecule has 2 aromatic carbocycles. The maximum atomic E-state index is 6.32. The predicted octanol–water partition coefficient (Wildman–Crippen LogP) is 10.4. The standard InChI is InChI=1S/C17H26N2.C16H22N2.C4H6.C3H8.C2H6/c1-2-18-16-8-5-14-6-9-17(10-7-15(14)13-16)19-11-3-4-12-19;1-11(2)15(17)10-13-8-5-7-12-6-3-4-9-14(12)16(13)18;1-2-4-3-1;1-3-2;1-2/h5,8,13,17-18H,2-4,6-7,9-12H2,1H3;3-4,6,9-11H,5,7-8,17-18H2,1-2H3;1-2H,3-4H2;3H2,1-2H3;1-2H3/b;15-10-;;;. The molecule has 5 N–H and O–H groups in total. The second kappa shape index (κ2) is 22.5. The summed E-state index contributed by atoms with van der Waals surface area (Å²) in [7, 11) is 0. The number of nitrogens with one attached hydrogen (secondary N) is 1. The van der Waals surface area contributed by atoms with E-state index in [1.54, 1.807) is 11.1 Å². The van der Waals surface area contributed by atoms with Crippen molar-refractivity contribution < 1.29 is 0 Å². The second-order valence-electron chi connectivity index (χ2n) is 13.0. The van der Waals surface area contributed by atoms with Crippen LogP contribution in [0, 0.1) is 5.92 Å². The number of aryl methyl sites for hydroxylation is 3. The summed E-state index contributed by atoms with van der Waals surface area (Å²) in [6, 6.07) is 16.2. The molecule has 3 aliphatic carbocycles. The van der Waals surface area contributed by atoms with Gasteiger partial charge in [0.05, 0.1) is 0 Å². The molecule has 0 bridgehead atoms. The van der Waals surface area contributed by atoms with Crippen molar-refractivity contribution in [1.82, 2.24) is 4.90 Å². The van der Waals surface area contributed by atoms with Gasteiger partial charge in [-0.15, -0.1) is 0 Å². The maximum absolute atomic E-state index is 6.32. The summed E-state index contributed by atoms with van der Waals surface area (Å²) in [6.07, 6.45) is 21.6. The Bertz CT molecular complexity index is 1210. The number of anilines is 1. The first kappa shape index (κ1) is 39.2. The largest absolute Gasteiger partial charge is 0.402 e. The lowest BCUT2D eigenvalue weighted by Crippen LogP contribution is -2.32. The van der Waals surface area contributed by atoms with Gasteiger partial charge in [-0.25, -0.2) is 0 Å². The van der Waals surface area contributed by atoms with Crippen LogP contribution in [-0.4, -0.2) is 30.6 Å². The molecule has 1 heterocycles. The van der Waals surface area contributed by atoms with Crippen LogP contribution in [0.15, 0.2) is 72.0 Å². The Labute approximate surface area is 283 Å². The van der Waals surface area contributed by atoms with Crippen molar-refractivity contribution in [2.75, 3.05) is 25.0 Å². The van der Waals surface area contributed by atoms with Crippen molar-refractivity contribution in [3.63, 3.8) is 0 Å². The van der Waals surface area contributed by atoms with Gasteiger partial charge < -0.3 is 21.7 Å². The first-order valence-electron chi connectivity index (χ1n) is 18.7. The van der Waals surface area contributed by atoms with Gasteiger partial charge in [0.2, 0.25) is 0 Å². The fourth-order valence-corrected chi connectivity index (χ4v) is 6.14. The number of allylic oxidation sites excluding steroid dienone is 5. The highest BCUT2D eigenvalue weighted by atomic mass is 15.2. The minimum atomic E-state index is 0.365. The number of nitrogens with two attached hydrogens (primary N) is 2. The van der Waals surface area contributed by atoms with Gasteiger partial charge >= 0.3 is 0 Å². The van der Waals surface area contributed by atoms with Gasteiger partial charge in [-0.2, -0.15) is 0 Å². The highest BCUT2D eigenvalue weighted by Gasteiger charge is 2.24. The van der Waals surface area contributed by atoms with E-state index in [9.17, 15) is 0 Å². The Morgan fingerprint density at radius 2 is 1.46 bits per heavy atom. The molecule has 4 heteroatoms. The topological polar surface area (TPSA) is 67.3 Å². The van der Waals surface area contributed by atoms with Crippen LogP contribution < -0.4 is 16.8 Å². The highest BCUT2D eigenvalue weighted by Crippen LogP contribution is 2.29. The zero-order valence-corrected chi connectivity index (χ0v) is 30.6. The number of hydrogen-bond acceptors (Lipinski definition) is 4. The summed E-state index contributed by atoms with van der Waals surface area (Å²) >= 11 is 0. The average molecular weight is 629 g/mol. The van der Waals surface area contributed by atoms with Gasteiger partial charge in [0.15, 0.2) is 0 Å². The molecule has 4 aliphatic rings. The van der Waals surface area contributed by atoms with E-state index in [4.69, 9.17) is 11.5 Å². The molecule has 0 spiro atoms. The summed E-state index contributed by atoms with van der Waals surface area (Å²) < 4.78 is 0. The third-order valence-electron chi connectivity index (χ3n) is 8.96. The molecular formula is C42H68N4. The third-order valence-corrected chi connectivity index (χ3v) is 8.96. The molecule has 1 atom stereocenters. The SMILES string of the molecule is C1=CCC1.CC.CC(C)/C(N)=C/C1=C(N)c2ccccc2CCC1.CCC.CCNc1ccc2c(c1)CCC(N1CCCC1)CC2. The Hall–Kier alpha value is -2.98. The molecule has 2 aromatic rings. The molecule has 1 fully saturated rings. The minimum Gasteiger partial charge on any atom is -0.402 e. The van der Waals surface area contributed by atoms with Crippen molar-refractivity contribution in [3.8, 4) is 0 Å². The molecule has 0 aromatic heterocycles. The van der Waals surface area contributed by atoms with E-state index in [-0.39, 0.29) is 0 Å². The van der Waals surface area contributed by atoms with Gasteiger partial charge in [0, 0.05) is 35.2 Å². The summed E-state index contributed by atoms with van der Waals surface area (Å²) in [4.78, 5) is 2.73. The Morgan fingerprint density at radius 1 is 0.848 bits per heavy atom. The first-order valence-corrected chi connectivity index (χ1v) is 18.7. The van der Waals surface area contributed by atoms with E-state index in [1.165, 1.54) is 93.3 Å². The van der Waals surface area contributed by atoms with E-state index in [0.29, 0.717) is 5.92 Å². The Kier molecular flexibility index (Phi) is 19.2. The molecule has 6 rings (SSSR count). The molecule has 4 nitrogen and oxygen atoms in total.